The maximum absolute atomic E-state index is 12.0. The summed E-state index contributed by atoms with van der Waals surface area (Å²) in [5, 5.41) is 0. The second-order valence-electron chi connectivity index (χ2n) is 4.19. The lowest BCUT2D eigenvalue weighted by atomic mass is 10.1. The highest BCUT2D eigenvalue weighted by Crippen LogP contribution is 2.27. The van der Waals surface area contributed by atoms with Gasteiger partial charge in [0.15, 0.2) is 0 Å². The Kier molecular flexibility index (Phi) is 3.51. The maximum Gasteiger partial charge on any atom is 0.355 e. The van der Waals surface area contributed by atoms with Crippen LogP contribution < -0.4 is 0 Å². The van der Waals surface area contributed by atoms with E-state index in [0.29, 0.717) is 12.3 Å². The van der Waals surface area contributed by atoms with Gasteiger partial charge < -0.3 is 9.30 Å². The molecular formula is C15H17NO2. The Balaban J connectivity index is 2.55. The first-order chi connectivity index (χ1) is 8.65. The van der Waals surface area contributed by atoms with Crippen molar-refractivity contribution in [1.29, 1.82) is 0 Å². The van der Waals surface area contributed by atoms with Gasteiger partial charge in [-0.3, -0.25) is 0 Å². The summed E-state index contributed by atoms with van der Waals surface area (Å²) in [5.74, 6) is -0.271. The van der Waals surface area contributed by atoms with Crippen LogP contribution in [0, 0.1) is 6.92 Å². The molecule has 0 saturated heterocycles. The van der Waals surface area contributed by atoms with Crippen LogP contribution in [0.3, 0.4) is 0 Å². The number of rotatable bonds is 3. The fourth-order valence-corrected chi connectivity index (χ4v) is 2.02. The van der Waals surface area contributed by atoms with E-state index in [9.17, 15) is 4.79 Å². The molecule has 18 heavy (non-hydrogen) atoms. The summed E-state index contributed by atoms with van der Waals surface area (Å²) in [6.07, 6.45) is 0. The lowest BCUT2D eigenvalue weighted by molar-refractivity contribution is 0.0516. The zero-order valence-electron chi connectivity index (χ0n) is 10.9. The second-order valence-corrected chi connectivity index (χ2v) is 4.19. The van der Waals surface area contributed by atoms with Crippen molar-refractivity contribution < 1.29 is 9.53 Å². The quantitative estimate of drug-likeness (QED) is 0.775. The van der Waals surface area contributed by atoms with Crippen molar-refractivity contribution in [3.63, 3.8) is 0 Å². The molecule has 3 heteroatoms. The number of ether oxygens (including phenoxy) is 1. The Bertz CT molecular complexity index is 555. The van der Waals surface area contributed by atoms with Crippen LogP contribution >= 0.6 is 0 Å². The molecule has 0 bridgehead atoms. The fourth-order valence-electron chi connectivity index (χ4n) is 2.02. The van der Waals surface area contributed by atoms with Gasteiger partial charge in [0.25, 0.3) is 0 Å². The summed E-state index contributed by atoms with van der Waals surface area (Å²) in [6.45, 7) is 4.18. The third-order valence-electron chi connectivity index (χ3n) is 3.03. The Hall–Kier alpha value is -2.03. The number of benzene rings is 1. The fraction of sp³-hybridized carbons (Fsp3) is 0.267. The van der Waals surface area contributed by atoms with Gasteiger partial charge >= 0.3 is 5.97 Å². The van der Waals surface area contributed by atoms with E-state index >= 15 is 0 Å². The highest BCUT2D eigenvalue weighted by Gasteiger charge is 2.19. The topological polar surface area (TPSA) is 31.2 Å². The first-order valence-corrected chi connectivity index (χ1v) is 6.04. The average molecular weight is 243 g/mol. The molecule has 0 unspecified atom stereocenters. The van der Waals surface area contributed by atoms with E-state index in [-0.39, 0.29) is 5.97 Å². The van der Waals surface area contributed by atoms with Crippen molar-refractivity contribution >= 4 is 5.97 Å². The predicted molar refractivity (Wildman–Crippen MR) is 71.5 cm³/mol. The first-order valence-electron chi connectivity index (χ1n) is 6.04. The summed E-state index contributed by atoms with van der Waals surface area (Å²) in [7, 11) is 1.88. The van der Waals surface area contributed by atoms with Crippen molar-refractivity contribution in [2.75, 3.05) is 6.61 Å². The monoisotopic (exact) mass is 243 g/mol. The third-order valence-corrected chi connectivity index (χ3v) is 3.03. The van der Waals surface area contributed by atoms with Gasteiger partial charge in [-0.2, -0.15) is 0 Å². The molecule has 0 saturated carbocycles. The molecule has 94 valence electrons. The maximum atomic E-state index is 12.0. The van der Waals surface area contributed by atoms with E-state index in [1.54, 1.807) is 0 Å². The number of esters is 1. The van der Waals surface area contributed by atoms with E-state index in [1.165, 1.54) is 0 Å². The zero-order valence-corrected chi connectivity index (χ0v) is 10.9. The van der Waals surface area contributed by atoms with Gasteiger partial charge in [0.2, 0.25) is 0 Å². The minimum Gasteiger partial charge on any atom is -0.461 e. The van der Waals surface area contributed by atoms with Crippen LogP contribution in [0.4, 0.5) is 0 Å². The molecular weight excluding hydrogens is 226 g/mol. The Morgan fingerprint density at radius 3 is 2.56 bits per heavy atom. The SMILES string of the molecule is CCOC(=O)c1c(-c2ccccc2)cc(C)n1C. The molecule has 0 amide bonds. The minimum absolute atomic E-state index is 0.271. The summed E-state index contributed by atoms with van der Waals surface area (Å²) < 4.78 is 7.00. The van der Waals surface area contributed by atoms with Crippen LogP contribution in [-0.2, 0) is 11.8 Å². The van der Waals surface area contributed by atoms with E-state index in [2.05, 4.69) is 0 Å². The van der Waals surface area contributed by atoms with Gasteiger partial charge in [0, 0.05) is 18.3 Å². The summed E-state index contributed by atoms with van der Waals surface area (Å²) in [5.41, 5.74) is 3.61. The largest absolute Gasteiger partial charge is 0.461 e. The number of hydrogen-bond donors (Lipinski definition) is 0. The third kappa shape index (κ3) is 2.16. The number of hydrogen-bond acceptors (Lipinski definition) is 2. The van der Waals surface area contributed by atoms with E-state index in [0.717, 1.165) is 16.8 Å². The molecule has 1 aromatic carbocycles. The number of carbonyl (C=O) groups is 1. The van der Waals surface area contributed by atoms with Crippen LogP contribution in [0.1, 0.15) is 23.1 Å². The highest BCUT2D eigenvalue weighted by molar-refractivity contribution is 5.96. The van der Waals surface area contributed by atoms with Gasteiger partial charge in [0.05, 0.1) is 6.61 Å². The van der Waals surface area contributed by atoms with Crippen LogP contribution in [0.5, 0.6) is 0 Å². The molecule has 0 aliphatic rings. The van der Waals surface area contributed by atoms with Crippen LogP contribution in [0.15, 0.2) is 36.4 Å². The predicted octanol–water partition coefficient (Wildman–Crippen LogP) is 3.18. The van der Waals surface area contributed by atoms with Gasteiger partial charge in [-0.25, -0.2) is 4.79 Å². The van der Waals surface area contributed by atoms with Crippen molar-refractivity contribution in [3.05, 3.63) is 47.8 Å². The molecule has 3 nitrogen and oxygen atoms in total. The van der Waals surface area contributed by atoms with Crippen molar-refractivity contribution in [3.8, 4) is 11.1 Å². The van der Waals surface area contributed by atoms with Crippen LogP contribution in [-0.4, -0.2) is 17.1 Å². The number of aryl methyl sites for hydroxylation is 1. The van der Waals surface area contributed by atoms with Crippen LogP contribution in [0.2, 0.25) is 0 Å². The smallest absolute Gasteiger partial charge is 0.355 e. The first kappa shape index (κ1) is 12.4. The standard InChI is InChI=1S/C15H17NO2/c1-4-18-15(17)14-13(10-11(2)16(14)3)12-8-6-5-7-9-12/h5-10H,4H2,1-3H3. The van der Waals surface area contributed by atoms with Gasteiger partial charge in [0.1, 0.15) is 5.69 Å². The summed E-state index contributed by atoms with van der Waals surface area (Å²) >= 11 is 0. The Morgan fingerprint density at radius 2 is 1.94 bits per heavy atom. The molecule has 0 aliphatic carbocycles. The molecule has 2 rings (SSSR count). The van der Waals surface area contributed by atoms with Crippen molar-refractivity contribution in [2.24, 2.45) is 7.05 Å². The van der Waals surface area contributed by atoms with Gasteiger partial charge in [-0.1, -0.05) is 30.3 Å². The van der Waals surface area contributed by atoms with Gasteiger partial charge in [-0.05, 0) is 25.5 Å². The Morgan fingerprint density at radius 1 is 1.28 bits per heavy atom. The number of nitrogens with zero attached hydrogens (tertiary/aromatic N) is 1. The molecule has 0 N–H and O–H groups in total. The van der Waals surface area contributed by atoms with E-state index in [4.69, 9.17) is 4.74 Å². The molecule has 0 fully saturated rings. The number of aromatic nitrogens is 1. The lowest BCUT2D eigenvalue weighted by Gasteiger charge is -2.07. The highest BCUT2D eigenvalue weighted by atomic mass is 16.5. The zero-order chi connectivity index (χ0) is 13.1. The Labute approximate surface area is 107 Å². The second kappa shape index (κ2) is 5.08. The molecule has 1 aromatic heterocycles. The minimum atomic E-state index is -0.271. The molecule has 2 aromatic rings. The van der Waals surface area contributed by atoms with Crippen LogP contribution in [0.25, 0.3) is 11.1 Å². The normalized spacial score (nSPS) is 10.4. The summed E-state index contributed by atoms with van der Waals surface area (Å²) in [6, 6.07) is 11.9. The molecule has 0 aliphatic heterocycles. The molecule has 0 radical (unpaired) electrons. The lowest BCUT2D eigenvalue weighted by Crippen LogP contribution is -2.11. The van der Waals surface area contributed by atoms with Gasteiger partial charge in [-0.15, -0.1) is 0 Å². The molecule has 1 heterocycles. The van der Waals surface area contributed by atoms with E-state index in [1.807, 2.05) is 61.9 Å². The molecule has 0 spiro atoms. The van der Waals surface area contributed by atoms with E-state index < -0.39 is 0 Å². The molecule has 0 atom stereocenters. The number of carbonyl (C=O) groups excluding carboxylic acids is 1. The van der Waals surface area contributed by atoms with Crippen molar-refractivity contribution in [2.45, 2.75) is 13.8 Å². The summed E-state index contributed by atoms with van der Waals surface area (Å²) in [4.78, 5) is 12.0. The van der Waals surface area contributed by atoms with Crippen molar-refractivity contribution in [1.82, 2.24) is 4.57 Å². The average Bonchev–Trinajstić information content (AvgIpc) is 2.67.